The molecular formula is C23H27N3O8. The zero-order valence-corrected chi connectivity index (χ0v) is 19.0. The summed E-state index contributed by atoms with van der Waals surface area (Å²) in [6.07, 6.45) is 1.78. The number of amides is 2. The number of nitrogens with one attached hydrogen (secondary N) is 2. The minimum absolute atomic E-state index is 0.0366. The molecule has 182 valence electrons. The van der Waals surface area contributed by atoms with E-state index in [4.69, 9.17) is 18.9 Å². The maximum Gasteiger partial charge on any atom is 0.286 e. The highest BCUT2D eigenvalue weighted by Crippen LogP contribution is 2.35. The molecular weight excluding hydrogens is 446 g/mol. The van der Waals surface area contributed by atoms with Gasteiger partial charge in [-0.1, -0.05) is 12.1 Å². The predicted molar refractivity (Wildman–Crippen MR) is 123 cm³/mol. The van der Waals surface area contributed by atoms with Crippen molar-refractivity contribution < 1.29 is 33.5 Å². The molecule has 0 spiro atoms. The molecule has 2 aromatic rings. The molecule has 1 unspecified atom stereocenters. The Labute approximate surface area is 196 Å². The number of nitrogens with zero attached hydrogens (tertiary/aromatic N) is 1. The van der Waals surface area contributed by atoms with Crippen molar-refractivity contribution in [3.63, 3.8) is 0 Å². The van der Waals surface area contributed by atoms with Gasteiger partial charge in [-0.2, -0.15) is 0 Å². The van der Waals surface area contributed by atoms with Crippen LogP contribution in [-0.2, 0) is 9.47 Å². The average molecular weight is 473 g/mol. The van der Waals surface area contributed by atoms with E-state index >= 15 is 0 Å². The first-order valence-electron chi connectivity index (χ1n) is 10.7. The quantitative estimate of drug-likeness (QED) is 0.289. The third-order valence-corrected chi connectivity index (χ3v) is 5.20. The second-order valence-corrected chi connectivity index (χ2v) is 7.46. The van der Waals surface area contributed by atoms with E-state index in [0.717, 1.165) is 18.9 Å². The van der Waals surface area contributed by atoms with Crippen molar-refractivity contribution >= 4 is 23.2 Å². The van der Waals surface area contributed by atoms with Gasteiger partial charge in [-0.25, -0.2) is 0 Å². The summed E-state index contributed by atoms with van der Waals surface area (Å²) >= 11 is 0. The van der Waals surface area contributed by atoms with Crippen LogP contribution in [0, 0.1) is 10.1 Å². The van der Waals surface area contributed by atoms with Gasteiger partial charge >= 0.3 is 0 Å². The van der Waals surface area contributed by atoms with E-state index in [-0.39, 0.29) is 53.5 Å². The fourth-order valence-corrected chi connectivity index (χ4v) is 3.48. The van der Waals surface area contributed by atoms with Gasteiger partial charge in [0.2, 0.25) is 0 Å². The number of para-hydroxylation sites is 1. The molecule has 1 heterocycles. The number of hydrogen-bond acceptors (Lipinski definition) is 8. The van der Waals surface area contributed by atoms with E-state index in [1.165, 1.54) is 20.3 Å². The van der Waals surface area contributed by atoms with Gasteiger partial charge in [0.05, 0.1) is 42.1 Å². The van der Waals surface area contributed by atoms with Crippen LogP contribution in [0.1, 0.15) is 33.6 Å². The molecule has 1 aliphatic rings. The molecule has 3 rings (SSSR count). The second-order valence-electron chi connectivity index (χ2n) is 7.46. The van der Waals surface area contributed by atoms with Crippen LogP contribution in [0.3, 0.4) is 0 Å². The molecule has 1 aliphatic heterocycles. The molecule has 34 heavy (non-hydrogen) atoms. The van der Waals surface area contributed by atoms with E-state index < -0.39 is 16.5 Å². The summed E-state index contributed by atoms with van der Waals surface area (Å²) in [5.41, 5.74) is -0.268. The van der Waals surface area contributed by atoms with Crippen LogP contribution in [0.2, 0.25) is 0 Å². The van der Waals surface area contributed by atoms with Crippen LogP contribution < -0.4 is 20.1 Å². The summed E-state index contributed by atoms with van der Waals surface area (Å²) in [5.74, 6) is -0.903. The fourth-order valence-electron chi connectivity index (χ4n) is 3.48. The molecule has 2 amide bonds. The summed E-state index contributed by atoms with van der Waals surface area (Å²) in [6, 6.07) is 8.77. The van der Waals surface area contributed by atoms with Gasteiger partial charge < -0.3 is 29.6 Å². The van der Waals surface area contributed by atoms with E-state index in [1.54, 1.807) is 24.3 Å². The highest BCUT2D eigenvalue weighted by molar-refractivity contribution is 6.11. The number of anilines is 1. The average Bonchev–Trinajstić information content (AvgIpc) is 3.36. The van der Waals surface area contributed by atoms with Crippen LogP contribution in [0.15, 0.2) is 36.4 Å². The maximum absolute atomic E-state index is 13.0. The minimum atomic E-state index is -0.771. The van der Waals surface area contributed by atoms with Gasteiger partial charge in [-0.05, 0) is 25.0 Å². The monoisotopic (exact) mass is 473 g/mol. The van der Waals surface area contributed by atoms with Crippen molar-refractivity contribution in [3.05, 3.63) is 57.6 Å². The maximum atomic E-state index is 13.0. The topological polar surface area (TPSA) is 138 Å². The first-order chi connectivity index (χ1) is 16.4. The summed E-state index contributed by atoms with van der Waals surface area (Å²) in [5, 5.41) is 17.1. The number of benzene rings is 2. The van der Waals surface area contributed by atoms with E-state index in [0.29, 0.717) is 13.2 Å². The highest BCUT2D eigenvalue weighted by Gasteiger charge is 2.26. The number of hydrogen-bond donors (Lipinski definition) is 2. The number of carbonyl (C=O) groups excluding carboxylic acids is 2. The van der Waals surface area contributed by atoms with E-state index in [2.05, 4.69) is 10.6 Å². The minimum Gasteiger partial charge on any atom is -0.493 e. The van der Waals surface area contributed by atoms with Crippen LogP contribution in [-0.4, -0.2) is 63.4 Å². The zero-order chi connectivity index (χ0) is 24.5. The Hall–Kier alpha value is -3.70. The third kappa shape index (κ3) is 6.21. The molecule has 0 bridgehead atoms. The van der Waals surface area contributed by atoms with Crippen molar-refractivity contribution in [2.75, 3.05) is 45.9 Å². The standard InChI is InChI=1S/C23H27N3O8/c1-31-10-11-34-21-13-19(26(29)30)17(12-20(21)32-2)23(28)25-18-8-4-3-7-16(18)22(27)24-14-15-6-5-9-33-15/h3-4,7-8,12-13,15H,5-6,9-11,14H2,1-2H3,(H,24,27)(H,25,28). The molecule has 0 aliphatic carbocycles. The highest BCUT2D eigenvalue weighted by atomic mass is 16.6. The van der Waals surface area contributed by atoms with Crippen LogP contribution in [0.4, 0.5) is 11.4 Å². The van der Waals surface area contributed by atoms with Crippen molar-refractivity contribution in [1.29, 1.82) is 0 Å². The smallest absolute Gasteiger partial charge is 0.286 e. The molecule has 11 nitrogen and oxygen atoms in total. The molecule has 2 N–H and O–H groups in total. The summed E-state index contributed by atoms with van der Waals surface area (Å²) < 4.78 is 21.2. The number of ether oxygens (including phenoxy) is 4. The first kappa shape index (κ1) is 24.9. The van der Waals surface area contributed by atoms with Crippen molar-refractivity contribution in [2.24, 2.45) is 0 Å². The summed E-state index contributed by atoms with van der Waals surface area (Å²) in [7, 11) is 2.86. The van der Waals surface area contributed by atoms with Crippen molar-refractivity contribution in [3.8, 4) is 11.5 Å². The van der Waals surface area contributed by atoms with Crippen LogP contribution in [0.25, 0.3) is 0 Å². The first-order valence-corrected chi connectivity index (χ1v) is 10.7. The SMILES string of the molecule is COCCOc1cc([N+](=O)[O-])c(C(=O)Nc2ccccc2C(=O)NCC2CCCO2)cc1OC. The number of nitro benzene ring substituents is 1. The van der Waals surface area contributed by atoms with Gasteiger partial charge in [0.15, 0.2) is 11.5 Å². The molecule has 1 atom stereocenters. The molecule has 0 saturated carbocycles. The zero-order valence-electron chi connectivity index (χ0n) is 19.0. The Morgan fingerprint density at radius 3 is 2.59 bits per heavy atom. The van der Waals surface area contributed by atoms with Crippen molar-refractivity contribution in [1.82, 2.24) is 5.32 Å². The Bertz CT molecular complexity index is 1040. The number of rotatable bonds is 11. The Kier molecular flexibility index (Phi) is 8.77. The Morgan fingerprint density at radius 2 is 1.91 bits per heavy atom. The normalized spacial score (nSPS) is 14.9. The Morgan fingerprint density at radius 1 is 1.12 bits per heavy atom. The van der Waals surface area contributed by atoms with E-state index in [1.807, 2.05) is 0 Å². The van der Waals surface area contributed by atoms with Gasteiger partial charge in [0, 0.05) is 26.3 Å². The lowest BCUT2D eigenvalue weighted by atomic mass is 10.1. The largest absolute Gasteiger partial charge is 0.493 e. The van der Waals surface area contributed by atoms with Gasteiger partial charge in [-0.15, -0.1) is 0 Å². The molecule has 1 fully saturated rings. The number of carbonyl (C=O) groups is 2. The second kappa shape index (κ2) is 12.0. The van der Waals surface area contributed by atoms with Gasteiger partial charge in [0.25, 0.3) is 17.5 Å². The number of methoxy groups -OCH3 is 2. The lowest BCUT2D eigenvalue weighted by Gasteiger charge is -2.15. The predicted octanol–water partition coefficient (Wildman–Crippen LogP) is 2.79. The van der Waals surface area contributed by atoms with Crippen molar-refractivity contribution in [2.45, 2.75) is 18.9 Å². The summed E-state index contributed by atoms with van der Waals surface area (Å²) in [4.78, 5) is 36.7. The van der Waals surface area contributed by atoms with E-state index in [9.17, 15) is 19.7 Å². The lowest BCUT2D eigenvalue weighted by Crippen LogP contribution is -2.32. The van der Waals surface area contributed by atoms with Gasteiger partial charge in [-0.3, -0.25) is 19.7 Å². The van der Waals surface area contributed by atoms with Gasteiger partial charge in [0.1, 0.15) is 12.2 Å². The molecule has 2 aromatic carbocycles. The van der Waals surface area contributed by atoms with Crippen LogP contribution in [0.5, 0.6) is 11.5 Å². The lowest BCUT2D eigenvalue weighted by molar-refractivity contribution is -0.385. The molecule has 0 aromatic heterocycles. The van der Waals surface area contributed by atoms with Crippen LogP contribution >= 0.6 is 0 Å². The molecule has 11 heteroatoms. The summed E-state index contributed by atoms with van der Waals surface area (Å²) in [6.45, 7) is 1.44. The molecule has 0 radical (unpaired) electrons. The fraction of sp³-hybridized carbons (Fsp3) is 0.391. The molecule has 1 saturated heterocycles. The third-order valence-electron chi connectivity index (χ3n) is 5.20. The Balaban J connectivity index is 1.82. The number of nitro groups is 1.